The van der Waals surface area contributed by atoms with Crippen molar-refractivity contribution in [3.63, 3.8) is 0 Å². The molecule has 0 atom stereocenters. The van der Waals surface area contributed by atoms with Gasteiger partial charge in [0, 0.05) is 11.6 Å². The van der Waals surface area contributed by atoms with Crippen LogP contribution in [0.1, 0.15) is 44.4 Å². The highest BCUT2D eigenvalue weighted by atomic mass is 19.4. The number of alkyl halides is 5. The molecule has 0 amide bonds. The van der Waals surface area contributed by atoms with Crippen molar-refractivity contribution in [3.05, 3.63) is 48.1 Å². The predicted molar refractivity (Wildman–Crippen MR) is 109 cm³/mol. The van der Waals surface area contributed by atoms with Crippen LogP contribution < -0.4 is 0 Å². The van der Waals surface area contributed by atoms with Gasteiger partial charge in [-0.25, -0.2) is 9.97 Å². The van der Waals surface area contributed by atoms with Crippen LogP contribution in [0.3, 0.4) is 0 Å². The molecule has 0 saturated carbocycles. The van der Waals surface area contributed by atoms with Crippen molar-refractivity contribution in [2.45, 2.75) is 45.2 Å². The lowest BCUT2D eigenvalue weighted by atomic mass is 9.76. The minimum Gasteiger partial charge on any atom is -0.422 e. The summed E-state index contributed by atoms with van der Waals surface area (Å²) in [7, 11) is 0. The van der Waals surface area contributed by atoms with E-state index in [0.29, 0.717) is 29.4 Å². The Balaban J connectivity index is 1.79. The number of allylic oxidation sites excluding steroid dienone is 2. The number of imidazole rings is 1. The van der Waals surface area contributed by atoms with Gasteiger partial charge < -0.3 is 4.42 Å². The smallest absolute Gasteiger partial charge is 0.422 e. The van der Waals surface area contributed by atoms with Gasteiger partial charge in [-0.2, -0.15) is 22.0 Å². The average molecular weight is 463 g/mol. The third kappa shape index (κ3) is 3.55. The predicted octanol–water partition coefficient (Wildman–Crippen LogP) is 6.18. The normalized spacial score (nSPS) is 17.0. The van der Waals surface area contributed by atoms with Crippen molar-refractivity contribution in [2.75, 3.05) is 0 Å². The lowest BCUT2D eigenvalue weighted by Gasteiger charge is -2.29. The number of hydrogen-bond donors (Lipinski definition) is 0. The minimum atomic E-state index is -5.79. The molecule has 4 heterocycles. The molecule has 6 nitrogen and oxygen atoms in total. The third-order valence-electron chi connectivity index (χ3n) is 5.97. The molecule has 0 aliphatic heterocycles. The molecule has 0 bridgehead atoms. The van der Waals surface area contributed by atoms with Crippen molar-refractivity contribution in [2.24, 2.45) is 5.41 Å². The molecule has 1 aliphatic rings. The van der Waals surface area contributed by atoms with Gasteiger partial charge in [0.1, 0.15) is 22.7 Å². The number of nitrogens with zero attached hydrogens (tertiary/aromatic N) is 5. The Bertz CT molecular complexity index is 1390. The van der Waals surface area contributed by atoms with Gasteiger partial charge in [-0.05, 0) is 54.0 Å². The molecule has 172 valence electrons. The second-order valence-electron chi connectivity index (χ2n) is 8.89. The van der Waals surface area contributed by atoms with Crippen LogP contribution in [0.25, 0.3) is 33.8 Å². The van der Waals surface area contributed by atoms with Crippen molar-refractivity contribution in [1.82, 2.24) is 24.6 Å². The number of pyridine rings is 2. The maximum atomic E-state index is 14.4. The Morgan fingerprint density at radius 1 is 1.09 bits per heavy atom. The van der Waals surface area contributed by atoms with E-state index in [4.69, 9.17) is 4.42 Å². The average Bonchev–Trinajstić information content (AvgIpc) is 3.42. The van der Waals surface area contributed by atoms with Gasteiger partial charge in [-0.1, -0.05) is 19.9 Å². The Kier molecular flexibility index (Phi) is 4.60. The van der Waals surface area contributed by atoms with E-state index in [-0.39, 0.29) is 22.6 Å². The molecule has 0 aromatic carbocycles. The molecule has 5 rings (SSSR count). The first-order valence-electron chi connectivity index (χ1n) is 10.2. The molecular formula is C22H18F5N5O. The molecule has 1 aliphatic carbocycles. The van der Waals surface area contributed by atoms with E-state index in [2.05, 4.69) is 34.0 Å². The van der Waals surface area contributed by atoms with Gasteiger partial charge >= 0.3 is 12.1 Å². The SMILES string of the molecule is CC1(C)CC=C(c2cc(C(F)(F)C(F)(F)F)nc3c2ccc2nc(-c4nnco4)cn23)CC1. The van der Waals surface area contributed by atoms with Crippen LogP contribution in [-0.4, -0.2) is 30.7 Å². The van der Waals surface area contributed by atoms with Crippen molar-refractivity contribution >= 4 is 22.3 Å². The summed E-state index contributed by atoms with van der Waals surface area (Å²) in [5, 5.41) is 7.79. The van der Waals surface area contributed by atoms with Crippen LogP contribution in [0.15, 0.2) is 41.3 Å². The van der Waals surface area contributed by atoms with Crippen molar-refractivity contribution in [3.8, 4) is 11.6 Å². The number of rotatable bonds is 3. The van der Waals surface area contributed by atoms with Crippen molar-refractivity contribution in [1.29, 1.82) is 0 Å². The van der Waals surface area contributed by atoms with Gasteiger partial charge in [0.05, 0.1) is 0 Å². The second-order valence-corrected chi connectivity index (χ2v) is 8.89. The van der Waals surface area contributed by atoms with Crippen LogP contribution in [-0.2, 0) is 5.92 Å². The molecule has 11 heteroatoms. The largest absolute Gasteiger partial charge is 0.459 e. The van der Waals surface area contributed by atoms with E-state index in [9.17, 15) is 22.0 Å². The molecular weight excluding hydrogens is 445 g/mol. The zero-order valence-electron chi connectivity index (χ0n) is 17.6. The Morgan fingerprint density at radius 3 is 2.52 bits per heavy atom. The van der Waals surface area contributed by atoms with Gasteiger partial charge in [-0.15, -0.1) is 10.2 Å². The summed E-state index contributed by atoms with van der Waals surface area (Å²) in [6.45, 7) is 4.17. The van der Waals surface area contributed by atoms with E-state index in [1.54, 1.807) is 12.1 Å². The highest BCUT2D eigenvalue weighted by Crippen LogP contribution is 2.46. The molecule has 0 spiro atoms. The summed E-state index contributed by atoms with van der Waals surface area (Å²) in [6.07, 6.45) is 0.677. The number of fused-ring (bicyclic) bond motifs is 3. The summed E-state index contributed by atoms with van der Waals surface area (Å²) < 4.78 is 75.1. The third-order valence-corrected chi connectivity index (χ3v) is 5.97. The summed E-state index contributed by atoms with van der Waals surface area (Å²) in [6, 6.07) is 4.14. The van der Waals surface area contributed by atoms with E-state index >= 15 is 0 Å². The van der Waals surface area contributed by atoms with Crippen LogP contribution in [0.5, 0.6) is 0 Å². The van der Waals surface area contributed by atoms with E-state index in [1.807, 2.05) is 6.08 Å². The molecule has 4 aromatic heterocycles. The lowest BCUT2D eigenvalue weighted by molar-refractivity contribution is -0.290. The number of hydrogen-bond acceptors (Lipinski definition) is 5. The highest BCUT2D eigenvalue weighted by Gasteiger charge is 2.60. The van der Waals surface area contributed by atoms with Crippen LogP contribution in [0.4, 0.5) is 22.0 Å². The fourth-order valence-corrected chi connectivity index (χ4v) is 4.01. The molecule has 4 aromatic rings. The molecule has 33 heavy (non-hydrogen) atoms. The van der Waals surface area contributed by atoms with E-state index in [0.717, 1.165) is 24.5 Å². The zero-order valence-corrected chi connectivity index (χ0v) is 17.6. The lowest BCUT2D eigenvalue weighted by Crippen LogP contribution is -2.34. The number of aromatic nitrogens is 5. The molecule has 0 radical (unpaired) electrons. The number of halogens is 5. The summed E-state index contributed by atoms with van der Waals surface area (Å²) >= 11 is 0. The minimum absolute atomic E-state index is 0.0294. The molecule has 0 N–H and O–H groups in total. The summed E-state index contributed by atoms with van der Waals surface area (Å²) in [4.78, 5) is 8.09. The van der Waals surface area contributed by atoms with Gasteiger partial charge in [0.15, 0.2) is 0 Å². The quantitative estimate of drug-likeness (QED) is 0.340. The summed E-state index contributed by atoms with van der Waals surface area (Å²) in [5.41, 5.74) is 0.177. The van der Waals surface area contributed by atoms with Crippen LogP contribution in [0, 0.1) is 5.41 Å². The van der Waals surface area contributed by atoms with Gasteiger partial charge in [0.25, 0.3) is 5.89 Å². The standard InChI is InChI=1S/C22H18F5N5O/c1-20(2)7-5-12(6-8-20)14-9-16(21(23,24)22(25,26)27)30-18-13(14)3-4-17-29-15(10-32(17)18)19-31-28-11-33-19/h3-5,9-11H,6-8H2,1-2H3. The summed E-state index contributed by atoms with van der Waals surface area (Å²) in [5.74, 6) is -5.04. The molecule has 0 unspecified atom stereocenters. The van der Waals surface area contributed by atoms with Gasteiger partial charge in [-0.3, -0.25) is 4.40 Å². The first-order valence-corrected chi connectivity index (χ1v) is 10.2. The maximum absolute atomic E-state index is 14.4. The zero-order chi connectivity index (χ0) is 23.6. The maximum Gasteiger partial charge on any atom is 0.459 e. The second kappa shape index (κ2) is 7.06. The van der Waals surface area contributed by atoms with Crippen LogP contribution in [0.2, 0.25) is 0 Å². The van der Waals surface area contributed by atoms with Crippen LogP contribution >= 0.6 is 0 Å². The monoisotopic (exact) mass is 463 g/mol. The first-order chi connectivity index (χ1) is 15.5. The fourth-order valence-electron chi connectivity index (χ4n) is 4.01. The first kappa shape index (κ1) is 21.5. The van der Waals surface area contributed by atoms with Gasteiger partial charge in [0.2, 0.25) is 6.39 Å². The highest BCUT2D eigenvalue weighted by molar-refractivity contribution is 5.92. The Morgan fingerprint density at radius 2 is 1.88 bits per heavy atom. The molecule has 0 saturated heterocycles. The van der Waals surface area contributed by atoms with E-state index < -0.39 is 17.8 Å². The van der Waals surface area contributed by atoms with Crippen molar-refractivity contribution < 1.29 is 26.4 Å². The molecule has 0 fully saturated rings. The Labute approximate surface area is 184 Å². The fraction of sp³-hybridized carbons (Fsp3) is 0.364. The Hall–Kier alpha value is -3.37. The topological polar surface area (TPSA) is 69.1 Å². The van der Waals surface area contributed by atoms with E-state index in [1.165, 1.54) is 10.6 Å².